The summed E-state index contributed by atoms with van der Waals surface area (Å²) in [7, 11) is 1.20. The topological polar surface area (TPSA) is 150 Å². The lowest BCUT2D eigenvalue weighted by Gasteiger charge is -2.27. The Morgan fingerprint density at radius 3 is 1.68 bits per heavy atom. The van der Waals surface area contributed by atoms with Crippen LogP contribution in [0, 0.1) is 16.2 Å². The molecule has 0 saturated carbocycles. The first-order chi connectivity index (χ1) is 18.1. The van der Waals surface area contributed by atoms with Gasteiger partial charge in [0.25, 0.3) is 0 Å². The fraction of sp³-hybridized carbons (Fsp3) is 0.655. The third-order valence-corrected chi connectivity index (χ3v) is 5.15. The van der Waals surface area contributed by atoms with Gasteiger partial charge in [0.1, 0.15) is 5.54 Å². The molecule has 0 aliphatic carbocycles. The SMILES string of the molecule is COC(=O)[C@@](N)(CCOC(=O)C(C)(C)C)Cc1ccc(OC(=O)OCC(C)(C)C)c(OC(=O)OCC(C)(C)C)c1. The van der Waals surface area contributed by atoms with E-state index in [0.717, 1.165) is 0 Å². The lowest BCUT2D eigenvalue weighted by atomic mass is 9.88. The molecule has 0 aliphatic heterocycles. The Morgan fingerprint density at radius 1 is 0.725 bits per heavy atom. The van der Waals surface area contributed by atoms with E-state index in [1.807, 2.05) is 41.5 Å². The maximum atomic E-state index is 12.6. The van der Waals surface area contributed by atoms with E-state index in [1.165, 1.54) is 19.2 Å². The number of methoxy groups -OCH3 is 1. The van der Waals surface area contributed by atoms with Gasteiger partial charge in [-0.2, -0.15) is 0 Å². The van der Waals surface area contributed by atoms with Gasteiger partial charge in [-0.25, -0.2) is 9.59 Å². The van der Waals surface area contributed by atoms with Crippen molar-refractivity contribution in [3.8, 4) is 11.5 Å². The van der Waals surface area contributed by atoms with Gasteiger partial charge >= 0.3 is 24.2 Å². The summed E-state index contributed by atoms with van der Waals surface area (Å²) in [5, 5.41) is 0. The third-order valence-electron chi connectivity index (χ3n) is 5.15. The first kappa shape index (κ1) is 34.7. The van der Waals surface area contributed by atoms with Crippen LogP contribution in [0.4, 0.5) is 9.59 Å². The van der Waals surface area contributed by atoms with Gasteiger partial charge < -0.3 is 34.2 Å². The lowest BCUT2D eigenvalue weighted by Crippen LogP contribution is -2.51. The Bertz CT molecular complexity index is 1050. The molecule has 1 aromatic carbocycles. The molecule has 0 aromatic heterocycles. The van der Waals surface area contributed by atoms with Crippen LogP contribution in [-0.2, 0) is 35.0 Å². The maximum Gasteiger partial charge on any atom is 0.513 e. The summed E-state index contributed by atoms with van der Waals surface area (Å²) in [6.45, 7) is 16.5. The second-order valence-corrected chi connectivity index (χ2v) is 13.1. The molecule has 0 fully saturated rings. The molecule has 1 atom stereocenters. The Morgan fingerprint density at radius 2 is 1.23 bits per heavy atom. The van der Waals surface area contributed by atoms with Crippen molar-refractivity contribution in [1.82, 2.24) is 0 Å². The molecule has 226 valence electrons. The number of nitrogens with two attached hydrogens (primary N) is 1. The van der Waals surface area contributed by atoms with Gasteiger partial charge in [0, 0.05) is 12.8 Å². The van der Waals surface area contributed by atoms with Crippen molar-refractivity contribution in [2.45, 2.75) is 80.7 Å². The number of benzene rings is 1. The molecule has 11 heteroatoms. The van der Waals surface area contributed by atoms with Crippen molar-refractivity contribution >= 4 is 24.2 Å². The van der Waals surface area contributed by atoms with E-state index in [2.05, 4.69) is 0 Å². The summed E-state index contributed by atoms with van der Waals surface area (Å²) >= 11 is 0. The number of ether oxygens (including phenoxy) is 6. The molecule has 0 saturated heterocycles. The van der Waals surface area contributed by atoms with Gasteiger partial charge in [0.05, 0.1) is 32.3 Å². The van der Waals surface area contributed by atoms with Crippen molar-refractivity contribution in [3.05, 3.63) is 23.8 Å². The highest BCUT2D eigenvalue weighted by Gasteiger charge is 2.37. The van der Waals surface area contributed by atoms with Crippen LogP contribution in [0.25, 0.3) is 0 Å². The average Bonchev–Trinajstić information content (AvgIpc) is 2.81. The van der Waals surface area contributed by atoms with Crippen LogP contribution in [0.1, 0.15) is 74.3 Å². The molecule has 0 heterocycles. The standard InChI is InChI=1S/C29H45NO10/c1-26(2,3)17-37-24(33)39-20-12-11-19(15-21(20)40-25(34)38-18-27(4,5)6)16-29(30,23(32)35-10)13-14-36-22(31)28(7,8)9/h11-12,15H,13-14,16-18,30H2,1-10H3/t29-/m1/s1. The molecule has 0 aliphatic rings. The Balaban J connectivity index is 3.22. The molecule has 40 heavy (non-hydrogen) atoms. The van der Waals surface area contributed by atoms with E-state index in [0.29, 0.717) is 5.56 Å². The Kier molecular flexibility index (Phi) is 12.0. The molecular weight excluding hydrogens is 522 g/mol. The minimum absolute atomic E-state index is 0.0390. The first-order valence-electron chi connectivity index (χ1n) is 13.0. The van der Waals surface area contributed by atoms with Crippen LogP contribution < -0.4 is 15.2 Å². The number of carbonyl (C=O) groups is 4. The van der Waals surface area contributed by atoms with Crippen molar-refractivity contribution in [2.75, 3.05) is 26.9 Å². The van der Waals surface area contributed by atoms with Crippen LogP contribution >= 0.6 is 0 Å². The number of hydrogen-bond acceptors (Lipinski definition) is 11. The molecule has 0 unspecified atom stereocenters. The van der Waals surface area contributed by atoms with Gasteiger partial charge in [0.2, 0.25) is 0 Å². The molecular formula is C29H45NO10. The van der Waals surface area contributed by atoms with Gasteiger partial charge in [0.15, 0.2) is 11.5 Å². The van der Waals surface area contributed by atoms with Gasteiger partial charge in [-0.1, -0.05) is 47.6 Å². The van der Waals surface area contributed by atoms with Crippen LogP contribution in [0.15, 0.2) is 18.2 Å². The number of esters is 2. The largest absolute Gasteiger partial charge is 0.513 e. The fourth-order valence-electron chi connectivity index (χ4n) is 2.99. The summed E-state index contributed by atoms with van der Waals surface area (Å²) in [6.07, 6.45) is -2.11. The number of hydrogen-bond donors (Lipinski definition) is 1. The van der Waals surface area contributed by atoms with Crippen molar-refractivity contribution in [1.29, 1.82) is 0 Å². The summed E-state index contributed by atoms with van der Waals surface area (Å²) in [5.74, 6) is -1.41. The molecule has 1 aromatic rings. The summed E-state index contributed by atoms with van der Waals surface area (Å²) in [4.78, 5) is 49.5. The zero-order valence-corrected chi connectivity index (χ0v) is 25.4. The van der Waals surface area contributed by atoms with Gasteiger partial charge in [-0.05, 0) is 49.3 Å². The molecule has 0 amide bonds. The highest BCUT2D eigenvalue weighted by molar-refractivity contribution is 5.81. The van der Waals surface area contributed by atoms with Crippen molar-refractivity contribution in [3.63, 3.8) is 0 Å². The van der Waals surface area contributed by atoms with Crippen LogP contribution in [-0.4, -0.2) is 56.7 Å². The average molecular weight is 568 g/mol. The number of rotatable bonds is 10. The van der Waals surface area contributed by atoms with Crippen molar-refractivity contribution in [2.24, 2.45) is 22.0 Å². The predicted molar refractivity (Wildman–Crippen MR) is 147 cm³/mol. The second kappa shape index (κ2) is 13.8. The van der Waals surface area contributed by atoms with Crippen molar-refractivity contribution < 1.29 is 47.6 Å². The van der Waals surface area contributed by atoms with E-state index in [9.17, 15) is 19.2 Å². The fourth-order valence-corrected chi connectivity index (χ4v) is 2.99. The highest BCUT2D eigenvalue weighted by atomic mass is 16.7. The molecule has 2 N–H and O–H groups in total. The quantitative estimate of drug-likeness (QED) is 0.226. The monoisotopic (exact) mass is 567 g/mol. The smallest absolute Gasteiger partial charge is 0.468 e. The minimum Gasteiger partial charge on any atom is -0.468 e. The van der Waals surface area contributed by atoms with Crippen LogP contribution in [0.5, 0.6) is 11.5 Å². The number of carbonyl (C=O) groups excluding carboxylic acids is 4. The zero-order valence-electron chi connectivity index (χ0n) is 25.4. The first-order valence-corrected chi connectivity index (χ1v) is 13.0. The minimum atomic E-state index is -1.58. The molecule has 0 bridgehead atoms. The highest BCUT2D eigenvalue weighted by Crippen LogP contribution is 2.32. The summed E-state index contributed by atoms with van der Waals surface area (Å²) in [5.41, 5.74) is 3.96. The van der Waals surface area contributed by atoms with E-state index >= 15 is 0 Å². The molecule has 1 rings (SSSR count). The molecule has 0 spiro atoms. The molecule has 0 radical (unpaired) electrons. The predicted octanol–water partition coefficient (Wildman–Crippen LogP) is 5.20. The van der Waals surface area contributed by atoms with Gasteiger partial charge in [-0.3, -0.25) is 9.59 Å². The van der Waals surface area contributed by atoms with Crippen LogP contribution in [0.3, 0.4) is 0 Å². The summed E-state index contributed by atoms with van der Waals surface area (Å²) < 4.78 is 31.2. The second-order valence-electron chi connectivity index (χ2n) is 13.1. The van der Waals surface area contributed by atoms with Gasteiger partial charge in [-0.15, -0.1) is 0 Å². The van der Waals surface area contributed by atoms with E-state index in [4.69, 9.17) is 34.2 Å². The van der Waals surface area contributed by atoms with Crippen LogP contribution in [0.2, 0.25) is 0 Å². The normalized spacial score (nSPS) is 13.5. The lowest BCUT2D eigenvalue weighted by molar-refractivity contribution is -0.156. The third kappa shape index (κ3) is 12.7. The van der Waals surface area contributed by atoms with E-state index in [1.54, 1.807) is 26.8 Å². The molecule has 11 nitrogen and oxygen atoms in total. The Labute approximate surface area is 236 Å². The van der Waals surface area contributed by atoms with E-state index < -0.39 is 35.2 Å². The Hall–Kier alpha value is -3.34. The zero-order chi connectivity index (χ0) is 30.9. The van der Waals surface area contributed by atoms with E-state index in [-0.39, 0.29) is 55.0 Å². The summed E-state index contributed by atoms with van der Waals surface area (Å²) in [6, 6.07) is 4.33. The maximum absolute atomic E-state index is 12.6.